The first-order valence-corrected chi connectivity index (χ1v) is 10.8. The molecule has 3 rings (SSSR count). The van der Waals surface area contributed by atoms with Crippen LogP contribution in [0.4, 0.5) is 29.1 Å². The molecule has 2 atom stereocenters. The Kier molecular flexibility index (Phi) is 7.36. The lowest BCUT2D eigenvalue weighted by molar-refractivity contribution is -0.420. The maximum atomic E-state index is 15.2. The highest BCUT2D eigenvalue weighted by molar-refractivity contribution is 5.98. The van der Waals surface area contributed by atoms with Crippen molar-refractivity contribution in [1.29, 1.82) is 0 Å². The van der Waals surface area contributed by atoms with Crippen LogP contribution in [-0.4, -0.2) is 65.6 Å². The van der Waals surface area contributed by atoms with Crippen molar-refractivity contribution in [2.24, 2.45) is 12.8 Å². The Labute approximate surface area is 199 Å². The summed E-state index contributed by atoms with van der Waals surface area (Å²) >= 11 is 0. The molecule has 35 heavy (non-hydrogen) atoms. The molecule has 1 fully saturated rings. The lowest BCUT2D eigenvalue weighted by Gasteiger charge is -2.40. The number of carbonyl (C=O) groups excluding carboxylic acids is 1. The van der Waals surface area contributed by atoms with Crippen LogP contribution in [0.15, 0.2) is 29.3 Å². The first-order valence-electron chi connectivity index (χ1n) is 10.8. The van der Waals surface area contributed by atoms with E-state index >= 15 is 4.39 Å². The molecular weight excluding hydrogens is 470 g/mol. The highest BCUT2D eigenvalue weighted by Gasteiger charge is 2.36. The number of hydrogen-bond donors (Lipinski definition) is 3. The van der Waals surface area contributed by atoms with Crippen molar-refractivity contribution in [2.75, 3.05) is 37.8 Å². The number of nitrogen functional groups attached to an aromatic ring is 2. The van der Waals surface area contributed by atoms with E-state index in [2.05, 4.69) is 9.98 Å². The molecule has 3 heterocycles. The second-order valence-corrected chi connectivity index (χ2v) is 8.46. The van der Waals surface area contributed by atoms with Crippen LogP contribution in [0.25, 0.3) is 0 Å². The third-order valence-electron chi connectivity index (χ3n) is 6.15. The van der Waals surface area contributed by atoms with Gasteiger partial charge in [0.15, 0.2) is 0 Å². The topological polar surface area (TPSA) is 124 Å². The van der Waals surface area contributed by atoms with Crippen molar-refractivity contribution >= 4 is 23.2 Å². The summed E-state index contributed by atoms with van der Waals surface area (Å²) in [6.45, 7) is 0.344. The Morgan fingerprint density at radius 2 is 2.03 bits per heavy atom. The van der Waals surface area contributed by atoms with Gasteiger partial charge in [0.05, 0.1) is 43.5 Å². The average molecular weight is 499 g/mol. The molecule has 0 bridgehead atoms. The summed E-state index contributed by atoms with van der Waals surface area (Å²) < 4.78 is 55.3. The Bertz CT molecular complexity index is 1200. The van der Waals surface area contributed by atoms with Crippen LogP contribution in [0.3, 0.4) is 0 Å². The number of nitrogens with two attached hydrogens (primary N) is 2. The molecule has 1 unspecified atom stereocenters. The largest absolute Gasteiger partial charge is 0.417 e. The number of pyridine rings is 2. The van der Waals surface area contributed by atoms with E-state index in [1.54, 1.807) is 18.0 Å². The van der Waals surface area contributed by atoms with Gasteiger partial charge in [-0.3, -0.25) is 20.3 Å². The van der Waals surface area contributed by atoms with E-state index < -0.39 is 41.8 Å². The molecule has 2 aromatic rings. The number of nitrogens with one attached hydrogen (secondary N) is 1. The van der Waals surface area contributed by atoms with E-state index in [0.29, 0.717) is 35.9 Å². The fraction of sp³-hybridized carbons (Fsp3) is 0.455. The number of nitrogens with zero attached hydrogens (tertiary/aromatic N) is 4. The fourth-order valence-corrected chi connectivity index (χ4v) is 4.09. The lowest BCUT2D eigenvalue weighted by atomic mass is 10.00. The van der Waals surface area contributed by atoms with Gasteiger partial charge in [-0.25, -0.2) is 9.37 Å². The minimum Gasteiger partial charge on any atom is -0.383 e. The quantitative estimate of drug-likeness (QED) is 0.288. The van der Waals surface area contributed by atoms with E-state index in [1.165, 1.54) is 25.2 Å². The van der Waals surface area contributed by atoms with Crippen molar-refractivity contribution in [3.8, 4) is 0 Å². The summed E-state index contributed by atoms with van der Waals surface area (Å²) in [6.07, 6.45) is -4.24. The minimum absolute atomic E-state index is 0.0435. The van der Waals surface area contributed by atoms with E-state index in [9.17, 15) is 22.8 Å². The first kappa shape index (κ1) is 26.0. The summed E-state index contributed by atoms with van der Waals surface area (Å²) in [5.41, 5.74) is 10.8. The van der Waals surface area contributed by atoms with Gasteiger partial charge in [0, 0.05) is 32.4 Å². The first-order chi connectivity index (χ1) is 16.3. The lowest BCUT2D eigenvalue weighted by Crippen LogP contribution is -2.71. The monoisotopic (exact) mass is 498 g/mol. The summed E-state index contributed by atoms with van der Waals surface area (Å²) in [4.78, 5) is 34.9. The number of hydrogen-bond acceptors (Lipinski definition) is 5. The van der Waals surface area contributed by atoms with Crippen molar-refractivity contribution < 1.29 is 27.3 Å². The molecule has 1 aliphatic heterocycles. The number of carbonyl (C=O) groups is 1. The van der Waals surface area contributed by atoms with Crippen LogP contribution >= 0.6 is 0 Å². The molecule has 0 radical (unpaired) electrons. The number of halogens is 4. The molecule has 5 N–H and O–H groups in total. The number of aryl methyl sites for hydroxylation is 1. The molecular formula is C22H28F4N7O2+. The van der Waals surface area contributed by atoms with E-state index in [0.717, 1.165) is 4.57 Å². The van der Waals surface area contributed by atoms with Gasteiger partial charge >= 0.3 is 6.18 Å². The second kappa shape index (κ2) is 9.92. The predicted octanol–water partition coefficient (Wildman–Crippen LogP) is -0.585. The van der Waals surface area contributed by atoms with Crippen LogP contribution in [0.5, 0.6) is 0 Å². The molecule has 9 nitrogen and oxygen atoms in total. The molecule has 13 heteroatoms. The van der Waals surface area contributed by atoms with Crippen molar-refractivity contribution in [1.82, 2.24) is 14.5 Å². The SMILES string of the molecule is C[NH+]=C(N)c1cc(N2CC[C@@H](N(C)C(=O)Cc3cc(C(F)(F)F)cn(C)c3=O)C(F)C2)cnc1N. The van der Waals surface area contributed by atoms with Crippen LogP contribution in [0, 0.1) is 0 Å². The molecule has 1 amide bonds. The second-order valence-electron chi connectivity index (χ2n) is 8.46. The summed E-state index contributed by atoms with van der Waals surface area (Å²) in [6, 6.07) is 1.56. The molecule has 0 saturated carbocycles. The van der Waals surface area contributed by atoms with Gasteiger partial charge in [-0.1, -0.05) is 0 Å². The van der Waals surface area contributed by atoms with E-state index in [-0.39, 0.29) is 24.3 Å². The molecule has 0 aliphatic carbocycles. The zero-order chi connectivity index (χ0) is 26.1. The van der Waals surface area contributed by atoms with Crippen molar-refractivity contribution in [3.63, 3.8) is 0 Å². The molecule has 0 spiro atoms. The van der Waals surface area contributed by atoms with Gasteiger partial charge in [0.1, 0.15) is 17.6 Å². The Morgan fingerprint density at radius 3 is 2.63 bits per heavy atom. The van der Waals surface area contributed by atoms with Gasteiger partial charge in [0.2, 0.25) is 5.91 Å². The van der Waals surface area contributed by atoms with Crippen LogP contribution in [-0.2, 0) is 24.4 Å². The Morgan fingerprint density at radius 1 is 1.34 bits per heavy atom. The number of amides is 1. The zero-order valence-electron chi connectivity index (χ0n) is 19.6. The number of likely N-dealkylation sites (N-methyl/N-ethyl adjacent to an activating group) is 1. The standard InChI is InChI=1S/C22H27F4N7O2/c1-29-19(27)15-8-14(9-30-20(15)28)33-5-4-17(16(23)11-33)32(3)18(34)7-12-6-13(22(24,25)26)10-31(2)21(12)35/h6,8-10,16-17H,4-5,7,11H2,1-3H3,(H2,27,29)(H2,28,30)/p+1/t16?,17-/m1/s1. The maximum absolute atomic E-state index is 15.2. The van der Waals surface area contributed by atoms with Gasteiger partial charge in [-0.05, 0) is 18.6 Å². The maximum Gasteiger partial charge on any atom is 0.417 e. The molecule has 0 aromatic carbocycles. The van der Waals surface area contributed by atoms with Gasteiger partial charge in [-0.15, -0.1) is 0 Å². The van der Waals surface area contributed by atoms with E-state index in [1.807, 2.05) is 0 Å². The Balaban J connectivity index is 1.73. The molecule has 1 aliphatic rings. The van der Waals surface area contributed by atoms with Crippen molar-refractivity contribution in [3.05, 3.63) is 51.6 Å². The zero-order valence-corrected chi connectivity index (χ0v) is 19.6. The number of amidine groups is 1. The number of anilines is 2. The molecule has 190 valence electrons. The number of rotatable bonds is 5. The Hall–Kier alpha value is -3.64. The summed E-state index contributed by atoms with van der Waals surface area (Å²) in [7, 11) is 4.20. The van der Waals surface area contributed by atoms with Crippen LogP contribution in [0.1, 0.15) is 23.1 Å². The fourth-order valence-electron chi connectivity index (χ4n) is 4.09. The smallest absolute Gasteiger partial charge is 0.383 e. The summed E-state index contributed by atoms with van der Waals surface area (Å²) in [5.74, 6) is -0.108. The third kappa shape index (κ3) is 5.54. The predicted molar refractivity (Wildman–Crippen MR) is 123 cm³/mol. The number of alkyl halides is 4. The van der Waals surface area contributed by atoms with Gasteiger partial charge < -0.3 is 20.1 Å². The van der Waals surface area contributed by atoms with Crippen LogP contribution < -0.4 is 26.9 Å². The number of aromatic nitrogens is 2. The normalized spacial score (nSPS) is 19.1. The molecule has 1 saturated heterocycles. The van der Waals surface area contributed by atoms with Gasteiger partial charge in [-0.2, -0.15) is 13.2 Å². The van der Waals surface area contributed by atoms with Gasteiger partial charge in [0.25, 0.3) is 11.4 Å². The highest BCUT2D eigenvalue weighted by atomic mass is 19.4. The highest BCUT2D eigenvalue weighted by Crippen LogP contribution is 2.29. The average Bonchev–Trinajstić information content (AvgIpc) is 2.80. The van der Waals surface area contributed by atoms with Crippen LogP contribution in [0.2, 0.25) is 0 Å². The minimum atomic E-state index is -4.67. The summed E-state index contributed by atoms with van der Waals surface area (Å²) in [5, 5.41) is 0. The third-order valence-corrected chi connectivity index (χ3v) is 6.15. The number of piperidine rings is 1. The molecule has 2 aromatic heterocycles. The van der Waals surface area contributed by atoms with Crippen molar-refractivity contribution in [2.45, 2.75) is 31.2 Å². The van der Waals surface area contributed by atoms with E-state index in [4.69, 9.17) is 11.5 Å².